The normalized spacial score (nSPS) is 12.0. The summed E-state index contributed by atoms with van der Waals surface area (Å²) >= 11 is 0.332. The second-order valence-corrected chi connectivity index (χ2v) is 7.42. The molecule has 2 rings (SSSR count). The van der Waals surface area contributed by atoms with Crippen molar-refractivity contribution in [1.82, 2.24) is 0 Å². The quantitative estimate of drug-likeness (QED) is 0.286. The molecule has 0 fully saturated rings. The van der Waals surface area contributed by atoms with Gasteiger partial charge in [-0.1, -0.05) is 0 Å². The summed E-state index contributed by atoms with van der Waals surface area (Å²) in [4.78, 5) is 11.4. The van der Waals surface area contributed by atoms with E-state index in [1.807, 2.05) is 24.3 Å². The second-order valence-electron chi connectivity index (χ2n) is 5.13. The molecule has 0 aliphatic heterocycles. The molecule has 0 N–H and O–H groups in total. The van der Waals surface area contributed by atoms with Crippen molar-refractivity contribution in [3.63, 3.8) is 0 Å². The fourth-order valence-electron chi connectivity index (χ4n) is 2.13. The van der Waals surface area contributed by atoms with E-state index in [-0.39, 0.29) is 12.1 Å². The molecule has 126 valence electrons. The molecule has 24 heavy (non-hydrogen) atoms. The average molecular weight is 389 g/mol. The Kier molecular flexibility index (Phi) is 8.16. The Labute approximate surface area is 149 Å². The summed E-state index contributed by atoms with van der Waals surface area (Å²) in [6.07, 6.45) is 3.67. The van der Waals surface area contributed by atoms with Gasteiger partial charge in [-0.05, 0) is 0 Å². The summed E-state index contributed by atoms with van der Waals surface area (Å²) in [5.74, 6) is -0.371. The summed E-state index contributed by atoms with van der Waals surface area (Å²) in [5, 5.41) is 0.944. The number of carbonyl (C=O) groups is 1. The molecule has 0 saturated carbocycles. The maximum absolute atomic E-state index is 11.4. The molecular formula is C20H22O3Se. The van der Waals surface area contributed by atoms with Crippen molar-refractivity contribution in [3.8, 4) is 0 Å². The molecule has 0 bridgehead atoms. The maximum atomic E-state index is 11.4. The van der Waals surface area contributed by atoms with Crippen LogP contribution in [0.1, 0.15) is 12.5 Å². The number of benzene rings is 2. The van der Waals surface area contributed by atoms with E-state index < -0.39 is 0 Å². The van der Waals surface area contributed by atoms with E-state index in [0.717, 1.165) is 11.7 Å². The summed E-state index contributed by atoms with van der Waals surface area (Å²) in [5.41, 5.74) is 1.23. The van der Waals surface area contributed by atoms with Crippen LogP contribution in [0.2, 0.25) is 5.32 Å². The van der Waals surface area contributed by atoms with Crippen molar-refractivity contribution in [3.05, 3.63) is 78.6 Å². The summed E-state index contributed by atoms with van der Waals surface area (Å²) in [7, 11) is 0. The molecule has 3 nitrogen and oxygen atoms in total. The minimum absolute atomic E-state index is 0.0401. The van der Waals surface area contributed by atoms with E-state index in [4.69, 9.17) is 9.47 Å². The van der Waals surface area contributed by atoms with Crippen LogP contribution in [-0.2, 0) is 20.7 Å². The van der Waals surface area contributed by atoms with Crippen LogP contribution in [-0.4, -0.2) is 33.6 Å². The summed E-state index contributed by atoms with van der Waals surface area (Å²) < 4.78 is 12.0. The van der Waals surface area contributed by atoms with E-state index in [9.17, 15) is 4.79 Å². The van der Waals surface area contributed by atoms with Gasteiger partial charge in [0.15, 0.2) is 0 Å². The molecule has 0 aliphatic rings. The molecule has 0 radical (unpaired) electrons. The Balaban J connectivity index is 1.94. The fourth-order valence-corrected chi connectivity index (χ4v) is 4.06. The second kappa shape index (κ2) is 10.7. The van der Waals surface area contributed by atoms with Crippen molar-refractivity contribution in [2.45, 2.75) is 24.8 Å². The van der Waals surface area contributed by atoms with Crippen LogP contribution in [0.25, 0.3) is 0 Å². The van der Waals surface area contributed by atoms with Gasteiger partial charge in [-0.3, -0.25) is 0 Å². The molecule has 2 aromatic rings. The third kappa shape index (κ3) is 7.03. The van der Waals surface area contributed by atoms with Crippen LogP contribution in [0, 0.1) is 0 Å². The number of carbonyl (C=O) groups excluding carboxylic acids is 1. The first kappa shape index (κ1) is 18.3. The molecule has 1 unspecified atom stereocenters. The van der Waals surface area contributed by atoms with Crippen molar-refractivity contribution in [2.75, 3.05) is 6.61 Å². The molecule has 2 aromatic carbocycles. The first-order chi connectivity index (χ1) is 11.8. The Bertz CT molecular complexity index is 626. The van der Waals surface area contributed by atoms with Gasteiger partial charge in [0.2, 0.25) is 0 Å². The predicted molar refractivity (Wildman–Crippen MR) is 97.4 cm³/mol. The van der Waals surface area contributed by atoms with Gasteiger partial charge in [0, 0.05) is 0 Å². The summed E-state index contributed by atoms with van der Waals surface area (Å²) in [6, 6.07) is 20.7. The number of hydrogen-bond donors (Lipinski definition) is 0. The molecule has 0 aromatic heterocycles. The van der Waals surface area contributed by atoms with Gasteiger partial charge in [-0.2, -0.15) is 0 Å². The third-order valence-electron chi connectivity index (χ3n) is 3.25. The first-order valence-corrected chi connectivity index (χ1v) is 10.0. The number of esters is 1. The molecule has 0 saturated heterocycles. The Morgan fingerprint density at radius 3 is 2.42 bits per heavy atom. The van der Waals surface area contributed by atoms with Crippen LogP contribution in [0.3, 0.4) is 0 Å². The zero-order chi connectivity index (χ0) is 17.0. The van der Waals surface area contributed by atoms with Gasteiger partial charge < -0.3 is 0 Å². The molecule has 0 aliphatic carbocycles. The third-order valence-corrected chi connectivity index (χ3v) is 5.65. The molecule has 1 atom stereocenters. The van der Waals surface area contributed by atoms with Gasteiger partial charge in [-0.15, -0.1) is 0 Å². The summed E-state index contributed by atoms with van der Waals surface area (Å²) in [6.45, 7) is 2.15. The predicted octanol–water partition coefficient (Wildman–Crippen LogP) is 3.14. The van der Waals surface area contributed by atoms with E-state index in [0.29, 0.717) is 21.6 Å². The van der Waals surface area contributed by atoms with Gasteiger partial charge in [-0.25, -0.2) is 0 Å². The molecule has 0 heterocycles. The topological polar surface area (TPSA) is 35.5 Å². The molecule has 0 spiro atoms. The van der Waals surface area contributed by atoms with Crippen molar-refractivity contribution >= 4 is 25.4 Å². The Morgan fingerprint density at radius 2 is 1.75 bits per heavy atom. The van der Waals surface area contributed by atoms with E-state index in [2.05, 4.69) is 36.4 Å². The van der Waals surface area contributed by atoms with Gasteiger partial charge >= 0.3 is 150 Å². The standard InChI is InChI=1S/C20H22O3Se/c1-2-22-20(21)13-14-23-18(15-17-9-5-3-6-10-17)16-24-19-11-7-4-8-12-19/h3-14,18H,2,15-16H2,1H3/b14-13+. The van der Waals surface area contributed by atoms with Crippen LogP contribution < -0.4 is 4.46 Å². The van der Waals surface area contributed by atoms with E-state index >= 15 is 0 Å². The molecule has 0 amide bonds. The molecule has 4 heteroatoms. The van der Waals surface area contributed by atoms with Crippen LogP contribution in [0.4, 0.5) is 0 Å². The number of hydrogen-bond acceptors (Lipinski definition) is 3. The Hall–Kier alpha value is -2.03. The first-order valence-electron chi connectivity index (χ1n) is 7.98. The zero-order valence-corrected chi connectivity index (χ0v) is 15.5. The fraction of sp³-hybridized carbons (Fsp3) is 0.250. The van der Waals surface area contributed by atoms with Crippen molar-refractivity contribution in [2.24, 2.45) is 0 Å². The number of rotatable bonds is 9. The zero-order valence-electron chi connectivity index (χ0n) is 13.8. The Morgan fingerprint density at radius 1 is 1.08 bits per heavy atom. The number of ether oxygens (including phenoxy) is 2. The monoisotopic (exact) mass is 390 g/mol. The van der Waals surface area contributed by atoms with Crippen LogP contribution >= 0.6 is 0 Å². The van der Waals surface area contributed by atoms with Crippen molar-refractivity contribution in [1.29, 1.82) is 0 Å². The van der Waals surface area contributed by atoms with E-state index in [1.165, 1.54) is 22.4 Å². The van der Waals surface area contributed by atoms with Gasteiger partial charge in [0.05, 0.1) is 0 Å². The van der Waals surface area contributed by atoms with E-state index in [1.54, 1.807) is 6.92 Å². The van der Waals surface area contributed by atoms with Gasteiger partial charge in [0.1, 0.15) is 0 Å². The van der Waals surface area contributed by atoms with Crippen LogP contribution in [0.5, 0.6) is 0 Å². The molecular weight excluding hydrogens is 367 g/mol. The minimum atomic E-state index is -0.371. The SMILES string of the molecule is CCOC(=O)/C=C/OC(C[Se]c1ccccc1)Cc1ccccc1. The average Bonchev–Trinajstić information content (AvgIpc) is 2.61. The van der Waals surface area contributed by atoms with Crippen molar-refractivity contribution < 1.29 is 14.3 Å². The van der Waals surface area contributed by atoms with Crippen LogP contribution in [0.15, 0.2) is 73.0 Å². The van der Waals surface area contributed by atoms with Gasteiger partial charge in [0.25, 0.3) is 0 Å².